The van der Waals surface area contributed by atoms with Gasteiger partial charge in [0.15, 0.2) is 0 Å². The summed E-state index contributed by atoms with van der Waals surface area (Å²) in [5.41, 5.74) is 11.0. The number of aromatic nitrogens is 2. The number of unbranched alkanes of at least 4 members (excludes halogenated alkanes) is 1. The van der Waals surface area contributed by atoms with Crippen LogP contribution in [0, 0.1) is 0 Å². The standard InChI is InChI=1S/C19H19N3/c1-2-3-8-14-13-9-5-7-12-17(13)22-18(14)15-10-4-6-11-16(15)21-19(22)20/h4-7,9-12H,2-3,8H2,1H3,(H2,20,21). The zero-order valence-corrected chi connectivity index (χ0v) is 12.7. The van der Waals surface area contributed by atoms with Crippen molar-refractivity contribution in [2.45, 2.75) is 26.2 Å². The van der Waals surface area contributed by atoms with Crippen LogP contribution >= 0.6 is 0 Å². The number of para-hydroxylation sites is 2. The van der Waals surface area contributed by atoms with Crippen LogP contribution in [0.3, 0.4) is 0 Å². The van der Waals surface area contributed by atoms with Crippen molar-refractivity contribution in [2.75, 3.05) is 5.73 Å². The summed E-state index contributed by atoms with van der Waals surface area (Å²) in [5.74, 6) is 0.563. The molecule has 0 atom stereocenters. The van der Waals surface area contributed by atoms with E-state index in [0.29, 0.717) is 5.95 Å². The van der Waals surface area contributed by atoms with Gasteiger partial charge in [-0.3, -0.25) is 4.40 Å². The van der Waals surface area contributed by atoms with Crippen LogP contribution in [0.25, 0.3) is 27.3 Å². The van der Waals surface area contributed by atoms with E-state index in [9.17, 15) is 0 Å². The van der Waals surface area contributed by atoms with E-state index in [4.69, 9.17) is 5.73 Å². The Balaban J connectivity index is 2.24. The molecular formula is C19H19N3. The monoisotopic (exact) mass is 289 g/mol. The Morgan fingerprint density at radius 3 is 2.55 bits per heavy atom. The van der Waals surface area contributed by atoms with Crippen LogP contribution < -0.4 is 5.73 Å². The molecule has 0 bridgehead atoms. The number of benzene rings is 2. The molecular weight excluding hydrogens is 270 g/mol. The third-order valence-corrected chi connectivity index (χ3v) is 4.38. The van der Waals surface area contributed by atoms with Crippen LogP contribution in [-0.2, 0) is 6.42 Å². The predicted octanol–water partition coefficient (Wildman–Crippen LogP) is 4.57. The van der Waals surface area contributed by atoms with Gasteiger partial charge in [0.25, 0.3) is 0 Å². The zero-order chi connectivity index (χ0) is 15.1. The molecule has 4 aromatic rings. The Labute approximate surface area is 129 Å². The van der Waals surface area contributed by atoms with E-state index in [1.807, 2.05) is 12.1 Å². The normalized spacial score (nSPS) is 11.7. The molecule has 0 aliphatic heterocycles. The fraction of sp³-hybridized carbons (Fsp3) is 0.211. The van der Waals surface area contributed by atoms with E-state index in [1.165, 1.54) is 34.7 Å². The highest BCUT2D eigenvalue weighted by molar-refractivity contribution is 6.05. The zero-order valence-electron chi connectivity index (χ0n) is 12.7. The highest BCUT2D eigenvalue weighted by atomic mass is 15.1. The molecule has 0 unspecified atom stereocenters. The topological polar surface area (TPSA) is 43.3 Å². The van der Waals surface area contributed by atoms with Gasteiger partial charge < -0.3 is 5.73 Å². The SMILES string of the molecule is CCCCc1c2ccccc2n2c(N)nc3ccccc3c12. The predicted molar refractivity (Wildman–Crippen MR) is 93.2 cm³/mol. The number of rotatable bonds is 3. The molecule has 0 radical (unpaired) electrons. The van der Waals surface area contributed by atoms with E-state index in [0.717, 1.165) is 17.5 Å². The molecule has 0 aliphatic carbocycles. The maximum absolute atomic E-state index is 6.28. The highest BCUT2D eigenvalue weighted by Crippen LogP contribution is 2.33. The van der Waals surface area contributed by atoms with Gasteiger partial charge in [-0.25, -0.2) is 4.98 Å². The minimum absolute atomic E-state index is 0.563. The fourth-order valence-corrected chi connectivity index (χ4v) is 3.38. The van der Waals surface area contributed by atoms with Gasteiger partial charge in [-0.05, 0) is 30.5 Å². The average molecular weight is 289 g/mol. The van der Waals surface area contributed by atoms with Gasteiger partial charge in [-0.15, -0.1) is 0 Å². The minimum atomic E-state index is 0.563. The summed E-state index contributed by atoms with van der Waals surface area (Å²) in [6.07, 6.45) is 3.44. The van der Waals surface area contributed by atoms with Gasteiger partial charge >= 0.3 is 0 Å². The summed E-state index contributed by atoms with van der Waals surface area (Å²) in [4.78, 5) is 4.59. The Kier molecular flexibility index (Phi) is 3.00. The van der Waals surface area contributed by atoms with Gasteiger partial charge in [0.2, 0.25) is 5.95 Å². The van der Waals surface area contributed by atoms with Crippen molar-refractivity contribution >= 4 is 33.3 Å². The van der Waals surface area contributed by atoms with Crippen LogP contribution in [0.15, 0.2) is 48.5 Å². The number of aryl methyl sites for hydroxylation is 1. The average Bonchev–Trinajstić information content (AvgIpc) is 2.88. The van der Waals surface area contributed by atoms with E-state index in [1.54, 1.807) is 0 Å². The van der Waals surface area contributed by atoms with Crippen LogP contribution in [0.4, 0.5) is 5.95 Å². The summed E-state index contributed by atoms with van der Waals surface area (Å²) in [6.45, 7) is 2.23. The molecule has 0 fully saturated rings. The van der Waals surface area contributed by atoms with Crippen LogP contribution in [0.1, 0.15) is 25.3 Å². The smallest absolute Gasteiger partial charge is 0.205 e. The van der Waals surface area contributed by atoms with Crippen LogP contribution in [0.5, 0.6) is 0 Å². The maximum atomic E-state index is 6.28. The van der Waals surface area contributed by atoms with Crippen molar-refractivity contribution in [2.24, 2.45) is 0 Å². The lowest BCUT2D eigenvalue weighted by Gasteiger charge is -2.07. The molecule has 0 saturated carbocycles. The molecule has 2 heterocycles. The van der Waals surface area contributed by atoms with Crippen molar-refractivity contribution < 1.29 is 0 Å². The molecule has 4 rings (SSSR count). The lowest BCUT2D eigenvalue weighted by atomic mass is 10.0. The molecule has 2 aromatic carbocycles. The lowest BCUT2D eigenvalue weighted by molar-refractivity contribution is 0.802. The highest BCUT2D eigenvalue weighted by Gasteiger charge is 2.16. The second kappa shape index (κ2) is 5.02. The van der Waals surface area contributed by atoms with Crippen molar-refractivity contribution in [1.29, 1.82) is 0 Å². The van der Waals surface area contributed by atoms with E-state index >= 15 is 0 Å². The molecule has 22 heavy (non-hydrogen) atoms. The second-order valence-electron chi connectivity index (χ2n) is 5.77. The fourth-order valence-electron chi connectivity index (χ4n) is 3.38. The third-order valence-electron chi connectivity index (χ3n) is 4.38. The van der Waals surface area contributed by atoms with Crippen molar-refractivity contribution in [3.63, 3.8) is 0 Å². The number of nitrogens with zero attached hydrogens (tertiary/aromatic N) is 2. The lowest BCUT2D eigenvalue weighted by Crippen LogP contribution is -2.01. The van der Waals surface area contributed by atoms with Crippen molar-refractivity contribution in [3.8, 4) is 0 Å². The minimum Gasteiger partial charge on any atom is -0.369 e. The summed E-state index contributed by atoms with van der Waals surface area (Å²) < 4.78 is 2.11. The maximum Gasteiger partial charge on any atom is 0.205 e. The van der Waals surface area contributed by atoms with Crippen molar-refractivity contribution in [3.05, 3.63) is 54.1 Å². The van der Waals surface area contributed by atoms with E-state index < -0.39 is 0 Å². The molecule has 2 aromatic heterocycles. The molecule has 0 aliphatic rings. The molecule has 0 amide bonds. The quantitative estimate of drug-likeness (QED) is 0.600. The summed E-state index contributed by atoms with van der Waals surface area (Å²) in [5, 5.41) is 2.47. The van der Waals surface area contributed by atoms with Crippen LogP contribution in [-0.4, -0.2) is 9.38 Å². The molecule has 0 saturated heterocycles. The number of anilines is 1. The first-order chi connectivity index (χ1) is 10.8. The first kappa shape index (κ1) is 13.1. The first-order valence-electron chi connectivity index (χ1n) is 7.87. The first-order valence-corrected chi connectivity index (χ1v) is 7.87. The number of hydrogen-bond donors (Lipinski definition) is 1. The number of fused-ring (bicyclic) bond motifs is 5. The summed E-state index contributed by atoms with van der Waals surface area (Å²) in [6, 6.07) is 16.8. The summed E-state index contributed by atoms with van der Waals surface area (Å²) in [7, 11) is 0. The molecule has 110 valence electrons. The Hall–Kier alpha value is -2.55. The Morgan fingerprint density at radius 1 is 1.00 bits per heavy atom. The molecule has 2 N–H and O–H groups in total. The van der Waals surface area contributed by atoms with E-state index in [2.05, 4.69) is 52.7 Å². The number of nitrogens with two attached hydrogens (primary N) is 1. The largest absolute Gasteiger partial charge is 0.369 e. The molecule has 3 heteroatoms. The Morgan fingerprint density at radius 2 is 1.73 bits per heavy atom. The summed E-state index contributed by atoms with van der Waals surface area (Å²) >= 11 is 0. The second-order valence-corrected chi connectivity index (χ2v) is 5.77. The van der Waals surface area contributed by atoms with Gasteiger partial charge in [0.1, 0.15) is 0 Å². The third kappa shape index (κ3) is 1.78. The Bertz CT molecular complexity index is 982. The van der Waals surface area contributed by atoms with Gasteiger partial charge in [-0.2, -0.15) is 0 Å². The molecule has 0 spiro atoms. The van der Waals surface area contributed by atoms with Crippen LogP contribution in [0.2, 0.25) is 0 Å². The number of hydrogen-bond acceptors (Lipinski definition) is 2. The van der Waals surface area contributed by atoms with E-state index in [-0.39, 0.29) is 0 Å². The molecule has 3 nitrogen and oxygen atoms in total. The number of nitrogen functional groups attached to an aromatic ring is 1. The van der Waals surface area contributed by atoms with Gasteiger partial charge in [0, 0.05) is 10.8 Å². The van der Waals surface area contributed by atoms with Gasteiger partial charge in [0.05, 0.1) is 16.6 Å². The van der Waals surface area contributed by atoms with Crippen molar-refractivity contribution in [1.82, 2.24) is 9.38 Å². The van der Waals surface area contributed by atoms with Gasteiger partial charge in [-0.1, -0.05) is 49.7 Å².